The SMILES string of the molecule is CC/C=C\C/C=C\C/C=C\C/C=C\C/C=C\CCCC(=O)OC[C@H](COC(=O)CCCCCCCCCCC/C=C\C/C=C\CCCCC)OC(=O)CCCCCCCCCCCCCC. The van der Waals surface area contributed by atoms with E-state index >= 15 is 0 Å². The fourth-order valence-corrected chi connectivity index (χ4v) is 7.51. The molecule has 6 heteroatoms. The minimum absolute atomic E-state index is 0.0949. The highest BCUT2D eigenvalue weighted by Gasteiger charge is 2.19. The Labute approximate surface area is 407 Å². The van der Waals surface area contributed by atoms with Crippen LogP contribution in [0.2, 0.25) is 0 Å². The second-order valence-corrected chi connectivity index (χ2v) is 18.1. The molecule has 0 aromatic rings. The van der Waals surface area contributed by atoms with Gasteiger partial charge in [-0.1, -0.05) is 234 Å². The molecule has 0 spiro atoms. The van der Waals surface area contributed by atoms with Gasteiger partial charge in [0.25, 0.3) is 0 Å². The van der Waals surface area contributed by atoms with Crippen molar-refractivity contribution in [2.75, 3.05) is 13.2 Å². The van der Waals surface area contributed by atoms with Crippen LogP contribution in [0.3, 0.4) is 0 Å². The maximum Gasteiger partial charge on any atom is 0.306 e. The molecule has 0 rings (SSSR count). The number of rotatable bonds is 49. The Balaban J connectivity index is 4.42. The summed E-state index contributed by atoms with van der Waals surface area (Å²) in [6.07, 6.45) is 70.0. The molecule has 0 saturated heterocycles. The molecule has 6 nitrogen and oxygen atoms in total. The molecule has 378 valence electrons. The zero-order chi connectivity index (χ0) is 47.9. The molecule has 0 amide bonds. The van der Waals surface area contributed by atoms with E-state index in [0.29, 0.717) is 19.3 Å². The third-order valence-electron chi connectivity index (χ3n) is 11.6. The van der Waals surface area contributed by atoms with Crippen LogP contribution in [0, 0.1) is 0 Å². The maximum atomic E-state index is 12.8. The molecular formula is C60H102O6. The minimum atomic E-state index is -0.799. The fraction of sp³-hybridized carbons (Fsp3) is 0.717. The first-order chi connectivity index (χ1) is 32.5. The number of carbonyl (C=O) groups excluding carboxylic acids is 3. The predicted molar refractivity (Wildman–Crippen MR) is 284 cm³/mol. The van der Waals surface area contributed by atoms with Gasteiger partial charge in [-0.25, -0.2) is 0 Å². The van der Waals surface area contributed by atoms with Crippen LogP contribution in [-0.4, -0.2) is 37.2 Å². The number of ether oxygens (including phenoxy) is 3. The van der Waals surface area contributed by atoms with Gasteiger partial charge in [-0.05, 0) is 89.9 Å². The van der Waals surface area contributed by atoms with Crippen molar-refractivity contribution in [3.05, 3.63) is 85.1 Å². The monoisotopic (exact) mass is 919 g/mol. The van der Waals surface area contributed by atoms with E-state index in [9.17, 15) is 14.4 Å². The van der Waals surface area contributed by atoms with Crippen molar-refractivity contribution in [2.24, 2.45) is 0 Å². The lowest BCUT2D eigenvalue weighted by molar-refractivity contribution is -0.167. The van der Waals surface area contributed by atoms with Gasteiger partial charge in [0, 0.05) is 19.3 Å². The molecule has 1 atom stereocenters. The largest absolute Gasteiger partial charge is 0.462 e. The molecule has 0 fully saturated rings. The molecule has 0 aliphatic carbocycles. The van der Waals surface area contributed by atoms with E-state index in [-0.39, 0.29) is 37.5 Å². The summed E-state index contributed by atoms with van der Waals surface area (Å²) in [4.78, 5) is 38.0. The first-order valence-electron chi connectivity index (χ1n) is 27.6. The molecule has 0 N–H and O–H groups in total. The highest BCUT2D eigenvalue weighted by Crippen LogP contribution is 2.15. The van der Waals surface area contributed by atoms with Crippen LogP contribution < -0.4 is 0 Å². The number of hydrogen-bond acceptors (Lipinski definition) is 6. The second-order valence-electron chi connectivity index (χ2n) is 18.1. The van der Waals surface area contributed by atoms with Crippen molar-refractivity contribution in [3.8, 4) is 0 Å². The summed E-state index contributed by atoms with van der Waals surface area (Å²) in [5.41, 5.74) is 0. The van der Waals surface area contributed by atoms with E-state index in [4.69, 9.17) is 14.2 Å². The van der Waals surface area contributed by atoms with Gasteiger partial charge in [0.05, 0.1) is 0 Å². The van der Waals surface area contributed by atoms with Crippen LogP contribution in [0.5, 0.6) is 0 Å². The summed E-state index contributed by atoms with van der Waals surface area (Å²) in [7, 11) is 0. The number of unbranched alkanes of at least 4 members (excludes halogenated alkanes) is 24. The average molecular weight is 919 g/mol. The van der Waals surface area contributed by atoms with E-state index in [2.05, 4.69) is 106 Å². The third-order valence-corrected chi connectivity index (χ3v) is 11.6. The van der Waals surface area contributed by atoms with Crippen molar-refractivity contribution in [1.29, 1.82) is 0 Å². The highest BCUT2D eigenvalue weighted by molar-refractivity contribution is 5.71. The molecular weight excluding hydrogens is 817 g/mol. The zero-order valence-electron chi connectivity index (χ0n) is 43.2. The summed E-state index contributed by atoms with van der Waals surface area (Å²) in [6.45, 7) is 6.45. The number of carbonyl (C=O) groups is 3. The van der Waals surface area contributed by atoms with Crippen LogP contribution in [0.25, 0.3) is 0 Å². The first-order valence-corrected chi connectivity index (χ1v) is 27.6. The van der Waals surface area contributed by atoms with Crippen LogP contribution in [-0.2, 0) is 28.6 Å². The van der Waals surface area contributed by atoms with Gasteiger partial charge in [-0.2, -0.15) is 0 Å². The standard InChI is InChI=1S/C60H102O6/c1-4-7-10-13-16-19-22-25-27-29-30-32-34-36-39-41-44-47-50-53-59(62)65-56-57(66-60(63)54-51-48-45-42-37-24-21-18-15-12-9-6-3)55-64-58(61)52-49-46-43-40-38-35-33-31-28-26-23-20-17-14-11-8-5-2/h8,11,16-17,19-20,25-28,33,35,40,43,57H,4-7,9-10,12-15,18,21-24,29-32,34,36-39,41-42,44-56H2,1-3H3/b11-8-,19-16-,20-17-,27-25-,28-26-,35-33-,43-40-/t57-/m1/s1. The van der Waals surface area contributed by atoms with Gasteiger partial charge in [-0.3, -0.25) is 14.4 Å². The number of hydrogen-bond donors (Lipinski definition) is 0. The molecule has 0 aromatic heterocycles. The van der Waals surface area contributed by atoms with Crippen molar-refractivity contribution < 1.29 is 28.6 Å². The third kappa shape index (κ3) is 51.6. The van der Waals surface area contributed by atoms with Crippen molar-refractivity contribution in [2.45, 2.75) is 264 Å². The summed E-state index contributed by atoms with van der Waals surface area (Å²) >= 11 is 0. The van der Waals surface area contributed by atoms with E-state index in [1.54, 1.807) is 0 Å². The van der Waals surface area contributed by atoms with E-state index < -0.39 is 6.10 Å². The Morgan fingerprint density at radius 3 is 1.02 bits per heavy atom. The maximum absolute atomic E-state index is 12.8. The topological polar surface area (TPSA) is 78.9 Å². The van der Waals surface area contributed by atoms with Crippen molar-refractivity contribution in [3.63, 3.8) is 0 Å². The Morgan fingerprint density at radius 1 is 0.318 bits per heavy atom. The van der Waals surface area contributed by atoms with Crippen molar-refractivity contribution in [1.82, 2.24) is 0 Å². The summed E-state index contributed by atoms with van der Waals surface area (Å²) in [6, 6.07) is 0. The lowest BCUT2D eigenvalue weighted by Gasteiger charge is -2.18. The van der Waals surface area contributed by atoms with Crippen LogP contribution in [0.15, 0.2) is 85.1 Å². The molecule has 0 bridgehead atoms. The molecule has 0 aromatic carbocycles. The first kappa shape index (κ1) is 62.6. The molecule has 0 aliphatic rings. The molecule has 0 aliphatic heterocycles. The van der Waals surface area contributed by atoms with Gasteiger partial charge >= 0.3 is 17.9 Å². The van der Waals surface area contributed by atoms with Crippen LogP contribution >= 0.6 is 0 Å². The molecule has 0 radical (unpaired) electrons. The van der Waals surface area contributed by atoms with Crippen LogP contribution in [0.4, 0.5) is 0 Å². The zero-order valence-corrected chi connectivity index (χ0v) is 43.2. The summed E-state index contributed by atoms with van der Waals surface area (Å²) < 4.78 is 16.8. The number of allylic oxidation sites excluding steroid dienone is 14. The molecule has 0 saturated carbocycles. The van der Waals surface area contributed by atoms with E-state index in [1.807, 2.05) is 0 Å². The lowest BCUT2D eigenvalue weighted by Crippen LogP contribution is -2.30. The van der Waals surface area contributed by atoms with E-state index in [0.717, 1.165) is 83.5 Å². The predicted octanol–water partition coefficient (Wildman–Crippen LogP) is 18.4. The normalized spacial score (nSPS) is 12.7. The van der Waals surface area contributed by atoms with Gasteiger partial charge in [0.2, 0.25) is 0 Å². The Bertz CT molecular complexity index is 1290. The quantitative estimate of drug-likeness (QED) is 0.0262. The Kier molecular flexibility index (Phi) is 51.4. The molecule has 0 unspecified atom stereocenters. The molecule has 0 heterocycles. The van der Waals surface area contributed by atoms with Gasteiger partial charge in [-0.15, -0.1) is 0 Å². The highest BCUT2D eigenvalue weighted by atomic mass is 16.6. The fourth-order valence-electron chi connectivity index (χ4n) is 7.51. The average Bonchev–Trinajstić information content (AvgIpc) is 3.31. The summed E-state index contributed by atoms with van der Waals surface area (Å²) in [5.74, 6) is -0.955. The van der Waals surface area contributed by atoms with Gasteiger partial charge in [0.1, 0.15) is 13.2 Å². The van der Waals surface area contributed by atoms with Gasteiger partial charge in [0.15, 0.2) is 6.10 Å². The lowest BCUT2D eigenvalue weighted by atomic mass is 10.0. The van der Waals surface area contributed by atoms with E-state index in [1.165, 1.54) is 128 Å². The minimum Gasteiger partial charge on any atom is -0.462 e. The molecule has 66 heavy (non-hydrogen) atoms. The Morgan fingerprint density at radius 2 is 0.606 bits per heavy atom. The second kappa shape index (κ2) is 54.2. The van der Waals surface area contributed by atoms with Crippen molar-refractivity contribution >= 4 is 17.9 Å². The number of esters is 3. The van der Waals surface area contributed by atoms with Crippen LogP contribution in [0.1, 0.15) is 258 Å². The Hall–Kier alpha value is -3.41. The van der Waals surface area contributed by atoms with Gasteiger partial charge < -0.3 is 14.2 Å². The summed E-state index contributed by atoms with van der Waals surface area (Å²) in [5, 5.41) is 0. The smallest absolute Gasteiger partial charge is 0.306 e.